The molecule has 7 nitrogen and oxygen atoms in total. The van der Waals surface area contributed by atoms with E-state index in [1.165, 1.54) is 25.3 Å². The topological polar surface area (TPSA) is 99.6 Å². The number of hydrogen-bond donors (Lipinski definition) is 2. The molecule has 1 amide bonds. The van der Waals surface area contributed by atoms with Crippen molar-refractivity contribution >= 4 is 32.5 Å². The van der Waals surface area contributed by atoms with Gasteiger partial charge < -0.3 is 10.0 Å². The third-order valence-electron chi connectivity index (χ3n) is 5.08. The van der Waals surface area contributed by atoms with Crippen LogP contribution < -0.4 is 4.72 Å². The summed E-state index contributed by atoms with van der Waals surface area (Å²) in [5.41, 5.74) is -0.510. The van der Waals surface area contributed by atoms with Crippen molar-refractivity contribution in [3.8, 4) is 5.75 Å². The van der Waals surface area contributed by atoms with E-state index in [9.17, 15) is 31.5 Å². The largest absolute Gasteiger partial charge is 0.505 e. The average molecular weight is 451 g/mol. The number of nitrogens with one attached hydrogen (secondary N) is 1. The number of pyridine rings is 1. The Hall–Kier alpha value is -3.34. The number of fused-ring (bicyclic) bond motifs is 2. The number of anilines is 1. The summed E-state index contributed by atoms with van der Waals surface area (Å²) in [6.45, 7) is 0.653. The van der Waals surface area contributed by atoms with E-state index in [1.54, 1.807) is 0 Å². The Balaban J connectivity index is 1.85. The Morgan fingerprint density at radius 2 is 1.90 bits per heavy atom. The minimum absolute atomic E-state index is 0.00407. The Morgan fingerprint density at radius 3 is 2.55 bits per heavy atom. The van der Waals surface area contributed by atoms with Crippen molar-refractivity contribution < 1.29 is 31.5 Å². The van der Waals surface area contributed by atoms with E-state index in [4.69, 9.17) is 0 Å². The smallest absolute Gasteiger partial charge is 0.258 e. The molecule has 0 aliphatic carbocycles. The molecule has 2 aromatic carbocycles. The van der Waals surface area contributed by atoms with Crippen LogP contribution in [0.4, 0.5) is 18.9 Å². The lowest BCUT2D eigenvalue weighted by molar-refractivity contribution is 0.0761. The number of carbonyl (C=O) groups is 1. The van der Waals surface area contributed by atoms with Crippen LogP contribution in [0, 0.1) is 17.5 Å². The van der Waals surface area contributed by atoms with E-state index < -0.39 is 51.2 Å². The minimum atomic E-state index is -3.76. The highest BCUT2D eigenvalue weighted by molar-refractivity contribution is 7.92. The summed E-state index contributed by atoms with van der Waals surface area (Å²) in [5.74, 6) is -4.89. The summed E-state index contributed by atoms with van der Waals surface area (Å²) in [6.07, 6.45) is 1.37. The predicted molar refractivity (Wildman–Crippen MR) is 106 cm³/mol. The number of nitrogens with zero attached hydrogens (tertiary/aromatic N) is 2. The standard InChI is InChI=1S/C20H16F3N3O4S/c1-2-31(29,30)25-17-11-4-3-5-24-18(11)19(27)16-13(17)9-26(20(16)28)8-12-14(22)6-10(21)7-15(12)23/h3-7,25,27H,2,8-9H2,1H3. The first-order valence-electron chi connectivity index (χ1n) is 9.18. The van der Waals surface area contributed by atoms with E-state index in [2.05, 4.69) is 9.71 Å². The molecular formula is C20H16F3N3O4S. The average Bonchev–Trinajstić information content (AvgIpc) is 3.04. The molecule has 2 heterocycles. The maximum Gasteiger partial charge on any atom is 0.258 e. The summed E-state index contributed by atoms with van der Waals surface area (Å²) in [7, 11) is -3.76. The number of benzene rings is 2. The highest BCUT2D eigenvalue weighted by Gasteiger charge is 2.36. The number of hydrogen-bond acceptors (Lipinski definition) is 5. The Bertz CT molecular complexity index is 1320. The van der Waals surface area contributed by atoms with Gasteiger partial charge in [-0.15, -0.1) is 0 Å². The molecule has 1 aliphatic rings. The van der Waals surface area contributed by atoms with E-state index in [1.807, 2.05) is 0 Å². The number of carbonyl (C=O) groups excluding carboxylic acids is 1. The zero-order valence-corrected chi connectivity index (χ0v) is 16.9. The van der Waals surface area contributed by atoms with Crippen molar-refractivity contribution in [1.29, 1.82) is 0 Å². The van der Waals surface area contributed by atoms with Gasteiger partial charge in [0, 0.05) is 41.4 Å². The van der Waals surface area contributed by atoms with Crippen LogP contribution in [0.3, 0.4) is 0 Å². The van der Waals surface area contributed by atoms with Crippen molar-refractivity contribution in [2.75, 3.05) is 10.5 Å². The van der Waals surface area contributed by atoms with E-state index in [0.717, 1.165) is 4.90 Å². The van der Waals surface area contributed by atoms with Crippen molar-refractivity contribution in [3.05, 3.63) is 64.6 Å². The van der Waals surface area contributed by atoms with Gasteiger partial charge in [0.15, 0.2) is 5.75 Å². The molecule has 0 atom stereocenters. The quantitative estimate of drug-likeness (QED) is 0.580. The van der Waals surface area contributed by atoms with E-state index in [-0.39, 0.29) is 40.0 Å². The van der Waals surface area contributed by atoms with Crippen LogP contribution in [0.2, 0.25) is 0 Å². The second kappa shape index (κ2) is 7.41. The zero-order chi connectivity index (χ0) is 22.5. The molecule has 31 heavy (non-hydrogen) atoms. The first-order valence-corrected chi connectivity index (χ1v) is 10.8. The fourth-order valence-electron chi connectivity index (χ4n) is 3.54. The van der Waals surface area contributed by atoms with Crippen molar-refractivity contribution in [2.45, 2.75) is 20.0 Å². The van der Waals surface area contributed by atoms with E-state index >= 15 is 0 Å². The van der Waals surface area contributed by atoms with Gasteiger partial charge in [0.1, 0.15) is 23.0 Å². The predicted octanol–water partition coefficient (Wildman–Crippen LogP) is 3.28. The number of sulfonamides is 1. The fourth-order valence-corrected chi connectivity index (χ4v) is 4.23. The molecule has 0 bridgehead atoms. The van der Waals surface area contributed by atoms with Crippen LogP contribution in [-0.2, 0) is 23.1 Å². The SMILES string of the molecule is CCS(=O)(=O)Nc1c2c(c(O)c3ncccc13)C(=O)N(Cc1c(F)cc(F)cc1F)C2. The number of phenols is 1. The number of aromatic hydroxyl groups is 1. The Morgan fingerprint density at radius 1 is 1.23 bits per heavy atom. The van der Waals surface area contributed by atoms with Crippen LogP contribution in [0.5, 0.6) is 5.75 Å². The lowest BCUT2D eigenvalue weighted by Gasteiger charge is -2.17. The zero-order valence-electron chi connectivity index (χ0n) is 16.1. The van der Waals surface area contributed by atoms with Gasteiger partial charge in [0.2, 0.25) is 10.0 Å². The van der Waals surface area contributed by atoms with Crippen LogP contribution in [0.15, 0.2) is 30.5 Å². The number of rotatable bonds is 5. The third kappa shape index (κ3) is 3.54. The van der Waals surface area contributed by atoms with Crippen LogP contribution in [-0.4, -0.2) is 35.1 Å². The van der Waals surface area contributed by atoms with Crippen molar-refractivity contribution in [2.24, 2.45) is 0 Å². The normalized spacial score (nSPS) is 13.7. The summed E-state index contributed by atoms with van der Waals surface area (Å²) in [4.78, 5) is 18.1. The van der Waals surface area contributed by atoms with Gasteiger partial charge in [-0.2, -0.15) is 0 Å². The van der Waals surface area contributed by atoms with Crippen LogP contribution in [0.1, 0.15) is 28.4 Å². The monoisotopic (exact) mass is 451 g/mol. The second-order valence-corrected chi connectivity index (χ2v) is 9.00. The number of aromatic nitrogens is 1. The molecule has 0 saturated heterocycles. The van der Waals surface area contributed by atoms with Gasteiger partial charge in [0.25, 0.3) is 5.91 Å². The first kappa shape index (κ1) is 20.9. The molecular weight excluding hydrogens is 435 g/mol. The maximum absolute atomic E-state index is 14.1. The molecule has 4 rings (SSSR count). The highest BCUT2D eigenvalue weighted by Crippen LogP contribution is 2.43. The molecule has 162 valence electrons. The lowest BCUT2D eigenvalue weighted by atomic mass is 10.0. The first-order chi connectivity index (χ1) is 14.6. The number of halogens is 3. The van der Waals surface area contributed by atoms with Crippen LogP contribution in [0.25, 0.3) is 10.9 Å². The molecule has 2 N–H and O–H groups in total. The van der Waals surface area contributed by atoms with Gasteiger partial charge in [-0.25, -0.2) is 21.6 Å². The molecule has 1 aromatic heterocycles. The van der Waals surface area contributed by atoms with E-state index in [0.29, 0.717) is 12.1 Å². The molecule has 1 aliphatic heterocycles. The van der Waals surface area contributed by atoms with Gasteiger partial charge in [-0.3, -0.25) is 14.5 Å². The molecule has 0 unspecified atom stereocenters. The molecule has 3 aromatic rings. The van der Waals surface area contributed by atoms with Gasteiger partial charge in [0.05, 0.1) is 23.5 Å². The number of amides is 1. The number of phenolic OH excluding ortho intramolecular Hbond substituents is 1. The summed E-state index contributed by atoms with van der Waals surface area (Å²) >= 11 is 0. The molecule has 0 radical (unpaired) electrons. The summed E-state index contributed by atoms with van der Waals surface area (Å²) in [5, 5.41) is 10.9. The lowest BCUT2D eigenvalue weighted by Crippen LogP contribution is -2.24. The van der Waals surface area contributed by atoms with Gasteiger partial charge in [-0.1, -0.05) is 0 Å². The molecule has 11 heteroatoms. The van der Waals surface area contributed by atoms with Crippen molar-refractivity contribution in [3.63, 3.8) is 0 Å². The summed E-state index contributed by atoms with van der Waals surface area (Å²) < 4.78 is 68.3. The minimum Gasteiger partial charge on any atom is -0.505 e. The fraction of sp³-hybridized carbons (Fsp3) is 0.200. The molecule has 0 fully saturated rings. The maximum atomic E-state index is 14.1. The van der Waals surface area contributed by atoms with Gasteiger partial charge >= 0.3 is 0 Å². The third-order valence-corrected chi connectivity index (χ3v) is 6.36. The highest BCUT2D eigenvalue weighted by atomic mass is 32.2. The Labute approximate surface area is 175 Å². The summed E-state index contributed by atoms with van der Waals surface area (Å²) in [6, 6.07) is 4.07. The molecule has 0 spiro atoms. The molecule has 0 saturated carbocycles. The second-order valence-electron chi connectivity index (χ2n) is 6.99. The van der Waals surface area contributed by atoms with Crippen molar-refractivity contribution in [1.82, 2.24) is 9.88 Å². The van der Waals surface area contributed by atoms with Crippen LogP contribution >= 0.6 is 0 Å². The Kier molecular flexibility index (Phi) is 5.00. The van der Waals surface area contributed by atoms with Gasteiger partial charge in [-0.05, 0) is 19.1 Å².